The largest absolute Gasteiger partial charge is 0.485 e. The molecule has 0 radical (unpaired) electrons. The molecule has 0 aliphatic rings. The average molecular weight is 336 g/mol. The molecule has 1 aromatic heterocycles. The Morgan fingerprint density at radius 3 is 2.75 bits per heavy atom. The van der Waals surface area contributed by atoms with Crippen LogP contribution in [0.25, 0.3) is 11.1 Å². The number of nitrogens with one attached hydrogen (secondary N) is 1. The summed E-state index contributed by atoms with van der Waals surface area (Å²) in [5.41, 5.74) is 1.75. The Balaban J connectivity index is 1.81. The van der Waals surface area contributed by atoms with Crippen LogP contribution in [-0.4, -0.2) is 18.0 Å². The van der Waals surface area contributed by atoms with Gasteiger partial charge in [-0.2, -0.15) is 0 Å². The Morgan fingerprint density at radius 2 is 2.00 bits per heavy atom. The van der Waals surface area contributed by atoms with E-state index in [2.05, 4.69) is 10.3 Å². The van der Waals surface area contributed by atoms with E-state index in [0.29, 0.717) is 17.2 Å². The average Bonchev–Trinajstić information content (AvgIpc) is 2.99. The number of rotatable bonds is 6. The lowest BCUT2D eigenvalue weighted by molar-refractivity contribution is 0.0820. The molecule has 1 heterocycles. The highest BCUT2D eigenvalue weighted by Gasteiger charge is 2.16. The fourth-order valence-electron chi connectivity index (χ4n) is 2.26. The van der Waals surface area contributed by atoms with Gasteiger partial charge in [0.2, 0.25) is 5.89 Å². The van der Waals surface area contributed by atoms with Crippen LogP contribution < -0.4 is 10.1 Å². The van der Waals surface area contributed by atoms with Crippen LogP contribution in [0.5, 0.6) is 5.75 Å². The molecule has 0 spiro atoms. The maximum atomic E-state index is 13.3. The first-order valence-corrected chi connectivity index (χ1v) is 7.35. The maximum Gasteiger partial charge on any atom is 0.272 e. The number of nitrogens with zero attached hydrogens (tertiary/aromatic N) is 1. The first kappa shape index (κ1) is 16.2. The van der Waals surface area contributed by atoms with Gasteiger partial charge in [-0.3, -0.25) is 0 Å². The minimum Gasteiger partial charge on any atom is -0.485 e. The highest BCUT2D eigenvalue weighted by atomic mass is 19.3. The first-order chi connectivity index (χ1) is 11.5. The molecule has 7 heteroatoms. The van der Waals surface area contributed by atoms with Crippen molar-refractivity contribution in [1.82, 2.24) is 4.98 Å². The molecule has 0 saturated carbocycles. The highest BCUT2D eigenvalue weighted by molar-refractivity contribution is 5.72. The second-order valence-electron chi connectivity index (χ2n) is 5.23. The van der Waals surface area contributed by atoms with Gasteiger partial charge in [0, 0.05) is 6.07 Å². The van der Waals surface area contributed by atoms with E-state index in [4.69, 9.17) is 9.15 Å². The van der Waals surface area contributed by atoms with Crippen LogP contribution in [0.3, 0.4) is 0 Å². The number of halogens is 3. The van der Waals surface area contributed by atoms with E-state index in [0.717, 1.165) is 11.6 Å². The molecule has 1 atom stereocenters. The summed E-state index contributed by atoms with van der Waals surface area (Å²) in [6.45, 7) is 0.986. The van der Waals surface area contributed by atoms with Crippen LogP contribution in [0.2, 0.25) is 0 Å². The molecule has 126 valence electrons. The van der Waals surface area contributed by atoms with Gasteiger partial charge in [0.1, 0.15) is 29.7 Å². The Morgan fingerprint density at radius 1 is 1.21 bits per heavy atom. The van der Waals surface area contributed by atoms with Gasteiger partial charge in [-0.15, -0.1) is 0 Å². The molecular weight excluding hydrogens is 321 g/mol. The van der Waals surface area contributed by atoms with Gasteiger partial charge in [0.25, 0.3) is 6.43 Å². The zero-order chi connectivity index (χ0) is 17.1. The Labute approximate surface area is 136 Å². The number of hydrogen-bond acceptors (Lipinski definition) is 4. The third kappa shape index (κ3) is 3.61. The van der Waals surface area contributed by atoms with Crippen molar-refractivity contribution in [1.29, 1.82) is 0 Å². The first-order valence-electron chi connectivity index (χ1n) is 7.35. The van der Waals surface area contributed by atoms with E-state index in [1.807, 2.05) is 18.2 Å². The molecule has 24 heavy (non-hydrogen) atoms. The zero-order valence-corrected chi connectivity index (χ0v) is 12.8. The second-order valence-corrected chi connectivity index (χ2v) is 5.23. The van der Waals surface area contributed by atoms with E-state index in [9.17, 15) is 13.2 Å². The second kappa shape index (κ2) is 6.82. The molecule has 0 saturated heterocycles. The number of hydrogen-bond donors (Lipinski definition) is 1. The number of benzene rings is 2. The molecule has 1 unspecified atom stereocenters. The topological polar surface area (TPSA) is 47.3 Å². The van der Waals surface area contributed by atoms with Crippen molar-refractivity contribution in [3.05, 3.63) is 54.2 Å². The van der Waals surface area contributed by atoms with Crippen molar-refractivity contribution in [2.45, 2.75) is 19.4 Å². The summed E-state index contributed by atoms with van der Waals surface area (Å²) in [5, 5.41) is 3.05. The minimum absolute atomic E-state index is 0.0123. The molecule has 0 aliphatic heterocycles. The predicted molar refractivity (Wildman–Crippen MR) is 83.9 cm³/mol. The Kier molecular flexibility index (Phi) is 4.59. The fourth-order valence-corrected chi connectivity index (χ4v) is 2.26. The standard InChI is InChI=1S/C17H15F3N2O2/c1-10(17-22-12-4-2-3-5-14(12)24-17)21-13-7-6-11(18)8-15(13)23-9-16(19)20/h2-8,10,16,21H,9H2,1H3. The quantitative estimate of drug-likeness (QED) is 0.703. The fraction of sp³-hybridized carbons (Fsp3) is 0.235. The van der Waals surface area contributed by atoms with Gasteiger partial charge in [0.05, 0.1) is 5.69 Å². The maximum absolute atomic E-state index is 13.3. The summed E-state index contributed by atoms with van der Waals surface area (Å²) in [7, 11) is 0. The number of fused-ring (bicyclic) bond motifs is 1. The molecule has 3 rings (SSSR count). The van der Waals surface area contributed by atoms with Crippen LogP contribution >= 0.6 is 0 Å². The summed E-state index contributed by atoms with van der Waals surface area (Å²) in [4.78, 5) is 4.37. The Hall–Kier alpha value is -2.70. The van der Waals surface area contributed by atoms with E-state index in [1.54, 1.807) is 13.0 Å². The summed E-state index contributed by atoms with van der Waals surface area (Å²) in [6, 6.07) is 10.7. The molecular formula is C17H15F3N2O2. The van der Waals surface area contributed by atoms with Gasteiger partial charge in [0.15, 0.2) is 5.58 Å². The number of ether oxygens (including phenoxy) is 1. The zero-order valence-electron chi connectivity index (χ0n) is 12.8. The van der Waals surface area contributed by atoms with Crippen molar-refractivity contribution < 1.29 is 22.3 Å². The SMILES string of the molecule is CC(Nc1ccc(F)cc1OCC(F)F)c1nc2ccccc2o1. The van der Waals surface area contributed by atoms with Crippen LogP contribution in [-0.2, 0) is 0 Å². The lowest BCUT2D eigenvalue weighted by Crippen LogP contribution is -2.11. The summed E-state index contributed by atoms with van der Waals surface area (Å²) in [5.74, 6) is -0.127. The minimum atomic E-state index is -2.64. The molecule has 3 aromatic rings. The number of alkyl halides is 2. The number of aromatic nitrogens is 1. The smallest absolute Gasteiger partial charge is 0.272 e. The molecule has 0 fully saturated rings. The highest BCUT2D eigenvalue weighted by Crippen LogP contribution is 2.30. The third-order valence-electron chi connectivity index (χ3n) is 3.36. The van der Waals surface area contributed by atoms with E-state index < -0.39 is 18.8 Å². The predicted octanol–water partition coefficient (Wildman–Crippen LogP) is 4.78. The van der Waals surface area contributed by atoms with Crippen molar-refractivity contribution in [3.63, 3.8) is 0 Å². The number of oxazole rings is 1. The van der Waals surface area contributed by atoms with E-state index in [-0.39, 0.29) is 11.8 Å². The van der Waals surface area contributed by atoms with Gasteiger partial charge in [-0.05, 0) is 31.2 Å². The van der Waals surface area contributed by atoms with Crippen molar-refractivity contribution in [2.24, 2.45) is 0 Å². The molecule has 2 aromatic carbocycles. The lowest BCUT2D eigenvalue weighted by Gasteiger charge is -2.16. The number of para-hydroxylation sites is 2. The van der Waals surface area contributed by atoms with Crippen molar-refractivity contribution in [2.75, 3.05) is 11.9 Å². The summed E-state index contributed by atoms with van der Waals surface area (Å²) >= 11 is 0. The van der Waals surface area contributed by atoms with Gasteiger partial charge in [-0.25, -0.2) is 18.2 Å². The van der Waals surface area contributed by atoms with Gasteiger partial charge in [-0.1, -0.05) is 12.1 Å². The van der Waals surface area contributed by atoms with Crippen LogP contribution in [0.4, 0.5) is 18.9 Å². The summed E-state index contributed by atoms with van der Waals surface area (Å²) in [6.07, 6.45) is -2.64. The Bertz CT molecular complexity index is 803. The van der Waals surface area contributed by atoms with Crippen molar-refractivity contribution >= 4 is 16.8 Å². The van der Waals surface area contributed by atoms with E-state index >= 15 is 0 Å². The third-order valence-corrected chi connectivity index (χ3v) is 3.36. The molecule has 0 amide bonds. The number of anilines is 1. The summed E-state index contributed by atoms with van der Waals surface area (Å²) < 4.78 is 48.6. The van der Waals surface area contributed by atoms with Gasteiger partial charge >= 0.3 is 0 Å². The monoisotopic (exact) mass is 336 g/mol. The molecule has 0 bridgehead atoms. The normalized spacial score (nSPS) is 12.5. The lowest BCUT2D eigenvalue weighted by atomic mass is 10.2. The molecule has 0 aliphatic carbocycles. The van der Waals surface area contributed by atoms with Crippen LogP contribution in [0, 0.1) is 5.82 Å². The van der Waals surface area contributed by atoms with E-state index in [1.165, 1.54) is 12.1 Å². The van der Waals surface area contributed by atoms with Crippen LogP contribution in [0.1, 0.15) is 18.9 Å². The van der Waals surface area contributed by atoms with Crippen LogP contribution in [0.15, 0.2) is 46.9 Å². The van der Waals surface area contributed by atoms with Gasteiger partial charge < -0.3 is 14.5 Å². The van der Waals surface area contributed by atoms with Crippen molar-refractivity contribution in [3.8, 4) is 5.75 Å². The molecule has 1 N–H and O–H groups in total. The molecule has 4 nitrogen and oxygen atoms in total.